The molecule has 0 spiro atoms. The molecule has 3 rings (SSSR count). The lowest BCUT2D eigenvalue weighted by Crippen LogP contribution is -2.29. The van der Waals surface area contributed by atoms with Crippen LogP contribution in [0.1, 0.15) is 30.4 Å². The van der Waals surface area contributed by atoms with Crippen molar-refractivity contribution in [2.24, 2.45) is 0 Å². The molecule has 6 heteroatoms. The maximum atomic E-state index is 12.4. The first-order valence-corrected chi connectivity index (χ1v) is 10.4. The topological polar surface area (TPSA) is 49.4 Å². The van der Waals surface area contributed by atoms with Crippen LogP contribution in [0.15, 0.2) is 53.4 Å². The molecule has 4 nitrogen and oxygen atoms in total. The highest BCUT2D eigenvalue weighted by Gasteiger charge is 2.14. The van der Waals surface area contributed by atoms with Crippen LogP contribution in [0.4, 0.5) is 0 Å². The van der Waals surface area contributed by atoms with Crippen LogP contribution in [0.25, 0.3) is 0 Å². The van der Waals surface area contributed by atoms with Crippen LogP contribution in [0.2, 0.25) is 5.02 Å². The van der Waals surface area contributed by atoms with Crippen LogP contribution in [-0.2, 0) is 23.1 Å². The summed E-state index contributed by atoms with van der Waals surface area (Å²) in [5, 5.41) is 0.518. The van der Waals surface area contributed by atoms with Gasteiger partial charge in [-0.15, -0.1) is 0 Å². The number of piperidine rings is 1. The fourth-order valence-corrected chi connectivity index (χ4v) is 4.23. The fourth-order valence-electron chi connectivity index (χ4n) is 3.09. The average molecular weight is 379 g/mol. The van der Waals surface area contributed by atoms with Gasteiger partial charge in [0, 0.05) is 18.1 Å². The van der Waals surface area contributed by atoms with Gasteiger partial charge in [0.2, 0.25) is 10.0 Å². The molecule has 1 aliphatic heterocycles. The van der Waals surface area contributed by atoms with Gasteiger partial charge in [-0.2, -0.15) is 0 Å². The molecule has 0 aliphatic carbocycles. The predicted molar refractivity (Wildman–Crippen MR) is 101 cm³/mol. The van der Waals surface area contributed by atoms with Crippen molar-refractivity contribution in [1.29, 1.82) is 0 Å². The Morgan fingerprint density at radius 1 is 0.960 bits per heavy atom. The Bertz CT molecular complexity index is 800. The second kappa shape index (κ2) is 8.32. The van der Waals surface area contributed by atoms with E-state index in [1.54, 1.807) is 12.1 Å². The maximum absolute atomic E-state index is 12.4. The molecule has 1 aliphatic rings. The first-order valence-electron chi connectivity index (χ1n) is 8.58. The molecular formula is C19H23ClN2O2S. The number of halogens is 1. The Hall–Kier alpha value is -1.40. The van der Waals surface area contributed by atoms with Crippen molar-refractivity contribution in [3.8, 4) is 0 Å². The summed E-state index contributed by atoms with van der Waals surface area (Å²) < 4.78 is 27.4. The van der Waals surface area contributed by atoms with Crippen LogP contribution in [-0.4, -0.2) is 26.4 Å². The largest absolute Gasteiger partial charge is 0.299 e. The number of rotatable bonds is 6. The Labute approximate surface area is 154 Å². The Morgan fingerprint density at radius 2 is 1.64 bits per heavy atom. The van der Waals surface area contributed by atoms with Gasteiger partial charge >= 0.3 is 0 Å². The van der Waals surface area contributed by atoms with Gasteiger partial charge in [-0.25, -0.2) is 13.1 Å². The Balaban J connectivity index is 1.62. The van der Waals surface area contributed by atoms with Crippen molar-refractivity contribution in [1.82, 2.24) is 9.62 Å². The maximum Gasteiger partial charge on any atom is 0.240 e. The molecule has 0 amide bonds. The molecule has 134 valence electrons. The van der Waals surface area contributed by atoms with Crippen LogP contribution in [0.3, 0.4) is 0 Å². The lowest BCUT2D eigenvalue weighted by Gasteiger charge is -2.26. The zero-order chi connectivity index (χ0) is 17.7. The van der Waals surface area contributed by atoms with E-state index in [-0.39, 0.29) is 11.4 Å². The minimum atomic E-state index is -3.53. The molecule has 25 heavy (non-hydrogen) atoms. The summed E-state index contributed by atoms with van der Waals surface area (Å²) in [6, 6.07) is 14.3. The number of hydrogen-bond acceptors (Lipinski definition) is 3. The van der Waals surface area contributed by atoms with Crippen LogP contribution < -0.4 is 4.72 Å². The van der Waals surface area contributed by atoms with Crippen LogP contribution in [0.5, 0.6) is 0 Å². The summed E-state index contributed by atoms with van der Waals surface area (Å²) in [6.07, 6.45) is 3.85. The van der Waals surface area contributed by atoms with Gasteiger partial charge < -0.3 is 0 Å². The van der Waals surface area contributed by atoms with Crippen molar-refractivity contribution >= 4 is 21.6 Å². The molecule has 1 saturated heterocycles. The van der Waals surface area contributed by atoms with Crippen molar-refractivity contribution in [2.45, 2.75) is 37.2 Å². The number of likely N-dealkylation sites (tertiary alicyclic amines) is 1. The third-order valence-electron chi connectivity index (χ3n) is 4.44. The molecule has 2 aromatic carbocycles. The number of benzene rings is 2. The summed E-state index contributed by atoms with van der Waals surface area (Å²) in [5.74, 6) is 0. The van der Waals surface area contributed by atoms with E-state index in [0.29, 0.717) is 5.02 Å². The first-order chi connectivity index (χ1) is 12.0. The molecule has 1 heterocycles. The van der Waals surface area contributed by atoms with E-state index in [2.05, 4.69) is 21.8 Å². The molecule has 0 bridgehead atoms. The van der Waals surface area contributed by atoms with Gasteiger partial charge in [-0.1, -0.05) is 42.3 Å². The predicted octanol–water partition coefficient (Wildman–Crippen LogP) is 3.80. The third-order valence-corrected chi connectivity index (χ3v) is 6.11. The van der Waals surface area contributed by atoms with E-state index in [0.717, 1.165) is 25.2 Å². The van der Waals surface area contributed by atoms with Crippen molar-refractivity contribution in [3.63, 3.8) is 0 Å². The minimum absolute atomic E-state index is 0.223. The normalized spacial score (nSPS) is 16.0. The number of hydrogen-bond donors (Lipinski definition) is 1. The van der Waals surface area contributed by atoms with Crippen LogP contribution >= 0.6 is 11.6 Å². The molecule has 2 aromatic rings. The minimum Gasteiger partial charge on any atom is -0.299 e. The zero-order valence-electron chi connectivity index (χ0n) is 14.1. The number of nitrogens with zero attached hydrogens (tertiary/aromatic N) is 1. The van der Waals surface area contributed by atoms with Crippen molar-refractivity contribution in [2.75, 3.05) is 13.1 Å². The lowest BCUT2D eigenvalue weighted by molar-refractivity contribution is 0.221. The summed E-state index contributed by atoms with van der Waals surface area (Å²) in [4.78, 5) is 2.68. The molecule has 1 fully saturated rings. The highest BCUT2D eigenvalue weighted by atomic mass is 35.5. The van der Waals surface area contributed by atoms with Gasteiger partial charge in [0.25, 0.3) is 0 Å². The van der Waals surface area contributed by atoms with E-state index in [1.807, 2.05) is 12.1 Å². The highest BCUT2D eigenvalue weighted by molar-refractivity contribution is 7.89. The number of sulfonamides is 1. The van der Waals surface area contributed by atoms with E-state index in [1.165, 1.54) is 37.0 Å². The van der Waals surface area contributed by atoms with Gasteiger partial charge in [-0.3, -0.25) is 4.90 Å². The lowest BCUT2D eigenvalue weighted by atomic mass is 10.1. The quantitative estimate of drug-likeness (QED) is 0.831. The van der Waals surface area contributed by atoms with E-state index < -0.39 is 10.0 Å². The number of nitrogens with one attached hydrogen (secondary N) is 1. The summed E-state index contributed by atoms with van der Waals surface area (Å²) in [7, 11) is -3.53. The molecular weight excluding hydrogens is 356 g/mol. The first kappa shape index (κ1) is 18.4. The van der Waals surface area contributed by atoms with Gasteiger partial charge in [-0.05, 0) is 61.3 Å². The standard InChI is InChI=1S/C19H23ClN2O2S/c20-18-7-9-19(10-8-18)25(23,24)21-14-16-5-4-6-17(13-16)15-22-11-2-1-3-12-22/h4-10,13,21H,1-3,11-12,14-15H2. The van der Waals surface area contributed by atoms with Crippen molar-refractivity contribution in [3.05, 3.63) is 64.7 Å². The average Bonchev–Trinajstić information content (AvgIpc) is 2.62. The second-order valence-corrected chi connectivity index (χ2v) is 8.64. The van der Waals surface area contributed by atoms with Gasteiger partial charge in [0.15, 0.2) is 0 Å². The fraction of sp³-hybridized carbons (Fsp3) is 0.368. The van der Waals surface area contributed by atoms with Crippen LogP contribution in [0, 0.1) is 0 Å². The molecule has 0 atom stereocenters. The summed E-state index contributed by atoms with van der Waals surface area (Å²) in [6.45, 7) is 3.50. The second-order valence-electron chi connectivity index (χ2n) is 6.44. The molecule has 1 N–H and O–H groups in total. The smallest absolute Gasteiger partial charge is 0.240 e. The molecule has 0 unspecified atom stereocenters. The third kappa shape index (κ3) is 5.28. The zero-order valence-corrected chi connectivity index (χ0v) is 15.7. The Morgan fingerprint density at radius 3 is 2.36 bits per heavy atom. The van der Waals surface area contributed by atoms with Gasteiger partial charge in [0.1, 0.15) is 0 Å². The van der Waals surface area contributed by atoms with E-state index >= 15 is 0 Å². The van der Waals surface area contributed by atoms with E-state index in [9.17, 15) is 8.42 Å². The molecule has 0 radical (unpaired) electrons. The van der Waals surface area contributed by atoms with E-state index in [4.69, 9.17) is 11.6 Å². The van der Waals surface area contributed by atoms with Crippen molar-refractivity contribution < 1.29 is 8.42 Å². The highest BCUT2D eigenvalue weighted by Crippen LogP contribution is 2.16. The van der Waals surface area contributed by atoms with Gasteiger partial charge in [0.05, 0.1) is 4.90 Å². The SMILES string of the molecule is O=S(=O)(NCc1cccc(CN2CCCCC2)c1)c1ccc(Cl)cc1. The monoisotopic (exact) mass is 378 g/mol. The summed E-state index contributed by atoms with van der Waals surface area (Å²) >= 11 is 5.81. The Kier molecular flexibility index (Phi) is 6.12. The molecule has 0 saturated carbocycles. The molecule has 0 aromatic heterocycles. The summed E-state index contributed by atoms with van der Waals surface area (Å²) in [5.41, 5.74) is 2.19.